The zero-order chi connectivity index (χ0) is 14.4. The molecule has 2 rings (SSSR count). The number of hydrogen-bond acceptors (Lipinski definition) is 4. The van der Waals surface area contributed by atoms with Crippen LogP contribution in [0.3, 0.4) is 0 Å². The van der Waals surface area contributed by atoms with E-state index >= 15 is 0 Å². The average Bonchev–Trinajstić information content (AvgIpc) is 2.92. The number of rotatable bonds is 7. The van der Waals surface area contributed by atoms with Gasteiger partial charge in [-0.15, -0.1) is 11.3 Å². The normalized spacial score (nSPS) is 11.7. The molecule has 0 saturated heterocycles. The molecule has 0 radical (unpaired) electrons. The predicted octanol–water partition coefficient (Wildman–Crippen LogP) is 1.90. The van der Waals surface area contributed by atoms with Crippen LogP contribution in [-0.4, -0.2) is 20.1 Å². The van der Waals surface area contributed by atoms with Crippen molar-refractivity contribution < 1.29 is 13.5 Å². The third-order valence-corrected chi connectivity index (χ3v) is 5.13. The third kappa shape index (κ3) is 4.72. The third-order valence-electron chi connectivity index (χ3n) is 2.84. The highest BCUT2D eigenvalue weighted by molar-refractivity contribution is 7.88. The molecule has 0 aliphatic heterocycles. The van der Waals surface area contributed by atoms with Crippen molar-refractivity contribution in [3.8, 4) is 0 Å². The van der Waals surface area contributed by atoms with Crippen molar-refractivity contribution in [1.82, 2.24) is 4.72 Å². The summed E-state index contributed by atoms with van der Waals surface area (Å²) in [4.78, 5) is 1.17. The Morgan fingerprint density at radius 2 is 1.80 bits per heavy atom. The molecule has 0 aliphatic carbocycles. The van der Waals surface area contributed by atoms with Gasteiger partial charge in [0.25, 0.3) is 0 Å². The molecular weight excluding hydrogens is 294 g/mol. The van der Waals surface area contributed by atoms with Gasteiger partial charge in [0, 0.05) is 11.4 Å². The first-order chi connectivity index (χ1) is 9.59. The number of thiophene rings is 1. The largest absolute Gasteiger partial charge is 0.392 e. The van der Waals surface area contributed by atoms with Gasteiger partial charge in [-0.1, -0.05) is 30.3 Å². The van der Waals surface area contributed by atoms with E-state index in [4.69, 9.17) is 5.11 Å². The van der Waals surface area contributed by atoms with Crippen LogP contribution in [0.25, 0.3) is 0 Å². The number of nitrogens with one attached hydrogen (secondary N) is 1. The highest BCUT2D eigenvalue weighted by Gasteiger charge is 2.11. The smallest absolute Gasteiger partial charge is 0.215 e. The van der Waals surface area contributed by atoms with Gasteiger partial charge >= 0.3 is 0 Å². The van der Waals surface area contributed by atoms with Crippen LogP contribution < -0.4 is 4.72 Å². The van der Waals surface area contributed by atoms with Gasteiger partial charge in [0.05, 0.1) is 12.4 Å². The minimum atomic E-state index is -3.32. The van der Waals surface area contributed by atoms with Crippen LogP contribution in [0, 0.1) is 0 Å². The van der Waals surface area contributed by atoms with Crippen LogP contribution in [0.2, 0.25) is 0 Å². The van der Waals surface area contributed by atoms with E-state index in [0.717, 1.165) is 5.56 Å². The van der Waals surface area contributed by atoms with Gasteiger partial charge in [0.15, 0.2) is 0 Å². The number of sulfonamides is 1. The van der Waals surface area contributed by atoms with Gasteiger partial charge in [0.2, 0.25) is 10.0 Å². The van der Waals surface area contributed by atoms with Crippen LogP contribution in [0.15, 0.2) is 41.8 Å². The first-order valence-corrected chi connectivity index (χ1v) is 8.81. The fourth-order valence-corrected chi connectivity index (χ4v) is 3.65. The number of aliphatic hydroxyl groups is 1. The standard InChI is InChI=1S/C14H17NO3S2/c16-10-12-3-5-13(6-4-12)11-20(17,18)15-8-7-14-2-1-9-19-14/h1-6,9,15-16H,7-8,10-11H2. The molecule has 1 aromatic heterocycles. The zero-order valence-corrected chi connectivity index (χ0v) is 12.6. The average molecular weight is 311 g/mol. The molecule has 0 aliphatic rings. The van der Waals surface area contributed by atoms with E-state index in [1.54, 1.807) is 35.6 Å². The van der Waals surface area contributed by atoms with Crippen LogP contribution in [0.1, 0.15) is 16.0 Å². The van der Waals surface area contributed by atoms with E-state index in [1.807, 2.05) is 17.5 Å². The fraction of sp³-hybridized carbons (Fsp3) is 0.286. The Bertz CT molecular complexity index is 619. The Labute approximate surface area is 123 Å². The fourth-order valence-electron chi connectivity index (χ4n) is 1.80. The van der Waals surface area contributed by atoms with Crippen molar-refractivity contribution in [3.63, 3.8) is 0 Å². The van der Waals surface area contributed by atoms with Gasteiger partial charge in [-0.05, 0) is 29.0 Å². The molecule has 108 valence electrons. The number of aliphatic hydroxyl groups excluding tert-OH is 1. The molecule has 6 heteroatoms. The SMILES string of the molecule is O=S(=O)(Cc1ccc(CO)cc1)NCCc1cccs1. The highest BCUT2D eigenvalue weighted by atomic mass is 32.2. The van der Waals surface area contributed by atoms with Gasteiger partial charge < -0.3 is 5.11 Å². The molecule has 0 spiro atoms. The summed E-state index contributed by atoms with van der Waals surface area (Å²) in [5, 5.41) is 10.9. The predicted molar refractivity (Wildman–Crippen MR) is 81.0 cm³/mol. The Balaban J connectivity index is 1.86. The summed E-state index contributed by atoms with van der Waals surface area (Å²) in [5.74, 6) is -0.0385. The van der Waals surface area contributed by atoms with E-state index in [1.165, 1.54) is 4.88 Å². The number of hydrogen-bond donors (Lipinski definition) is 2. The second kappa shape index (κ2) is 6.99. The molecular formula is C14H17NO3S2. The first kappa shape index (κ1) is 15.2. The Kier molecular flexibility index (Phi) is 5.31. The monoisotopic (exact) mass is 311 g/mol. The van der Waals surface area contributed by atoms with Crippen molar-refractivity contribution >= 4 is 21.4 Å². The maximum atomic E-state index is 11.9. The maximum absolute atomic E-state index is 11.9. The van der Waals surface area contributed by atoms with Gasteiger partial charge in [-0.3, -0.25) is 0 Å². The molecule has 20 heavy (non-hydrogen) atoms. The van der Waals surface area contributed by atoms with Crippen molar-refractivity contribution in [3.05, 3.63) is 57.8 Å². The lowest BCUT2D eigenvalue weighted by atomic mass is 10.2. The minimum Gasteiger partial charge on any atom is -0.392 e. The molecule has 0 atom stereocenters. The Morgan fingerprint density at radius 3 is 2.40 bits per heavy atom. The minimum absolute atomic E-state index is 0.0356. The molecule has 0 amide bonds. The molecule has 0 fully saturated rings. The molecule has 0 saturated carbocycles. The van der Waals surface area contributed by atoms with Gasteiger partial charge in [0.1, 0.15) is 0 Å². The number of benzene rings is 1. The van der Waals surface area contributed by atoms with Crippen molar-refractivity contribution in [2.45, 2.75) is 18.8 Å². The summed E-state index contributed by atoms with van der Waals surface area (Å²) in [6, 6.07) is 10.9. The lowest BCUT2D eigenvalue weighted by Gasteiger charge is -2.06. The van der Waals surface area contributed by atoms with E-state index in [-0.39, 0.29) is 12.4 Å². The summed E-state index contributed by atoms with van der Waals surface area (Å²) in [6.45, 7) is 0.379. The molecule has 0 bridgehead atoms. The lowest BCUT2D eigenvalue weighted by Crippen LogP contribution is -2.27. The molecule has 2 N–H and O–H groups in total. The van der Waals surface area contributed by atoms with Crippen LogP contribution in [-0.2, 0) is 28.8 Å². The van der Waals surface area contributed by atoms with E-state index < -0.39 is 10.0 Å². The summed E-state index contributed by atoms with van der Waals surface area (Å²) in [7, 11) is -3.32. The summed E-state index contributed by atoms with van der Waals surface area (Å²) in [5.41, 5.74) is 1.49. The molecule has 2 aromatic rings. The lowest BCUT2D eigenvalue weighted by molar-refractivity contribution is 0.282. The van der Waals surface area contributed by atoms with Gasteiger partial charge in [-0.2, -0.15) is 0 Å². The molecule has 0 unspecified atom stereocenters. The highest BCUT2D eigenvalue weighted by Crippen LogP contribution is 2.10. The summed E-state index contributed by atoms with van der Waals surface area (Å²) >= 11 is 1.62. The van der Waals surface area contributed by atoms with E-state index in [9.17, 15) is 8.42 Å². The molecule has 1 aromatic carbocycles. The second-order valence-electron chi connectivity index (χ2n) is 4.46. The van der Waals surface area contributed by atoms with Crippen LogP contribution >= 0.6 is 11.3 Å². The first-order valence-electron chi connectivity index (χ1n) is 6.27. The zero-order valence-electron chi connectivity index (χ0n) is 11.0. The Hall–Kier alpha value is -1.21. The van der Waals surface area contributed by atoms with Crippen LogP contribution in [0.5, 0.6) is 0 Å². The van der Waals surface area contributed by atoms with E-state index in [2.05, 4.69) is 4.72 Å². The Morgan fingerprint density at radius 1 is 1.10 bits per heavy atom. The van der Waals surface area contributed by atoms with Crippen molar-refractivity contribution in [2.75, 3.05) is 6.54 Å². The summed E-state index contributed by atoms with van der Waals surface area (Å²) < 4.78 is 26.5. The van der Waals surface area contributed by atoms with Gasteiger partial charge in [-0.25, -0.2) is 13.1 Å². The van der Waals surface area contributed by atoms with Crippen LogP contribution in [0.4, 0.5) is 0 Å². The molecule has 4 nitrogen and oxygen atoms in total. The topological polar surface area (TPSA) is 66.4 Å². The van der Waals surface area contributed by atoms with Crippen molar-refractivity contribution in [1.29, 1.82) is 0 Å². The van der Waals surface area contributed by atoms with Crippen molar-refractivity contribution in [2.24, 2.45) is 0 Å². The molecule has 1 heterocycles. The maximum Gasteiger partial charge on any atom is 0.215 e. The van der Waals surface area contributed by atoms with E-state index in [0.29, 0.717) is 18.5 Å². The quantitative estimate of drug-likeness (QED) is 0.821. The second-order valence-corrected chi connectivity index (χ2v) is 7.30. The summed E-state index contributed by atoms with van der Waals surface area (Å²) in [6.07, 6.45) is 0.709.